The van der Waals surface area contributed by atoms with Gasteiger partial charge in [-0.05, 0) is 42.5 Å². The molecule has 3 aromatic heterocycles. The number of ether oxygens (including phenoxy) is 1. The summed E-state index contributed by atoms with van der Waals surface area (Å²) < 4.78 is 8.97. The Bertz CT molecular complexity index is 1300. The van der Waals surface area contributed by atoms with Gasteiger partial charge >= 0.3 is 5.69 Å². The van der Waals surface area contributed by atoms with Gasteiger partial charge in [-0.25, -0.2) is 14.8 Å². The SMILES string of the molecule is Cc1cccc(Cn2c(=O)n3nc[nH+]c3c3cc(CN4C[C@@H](C)O[C@@H](C)C4)cnc32)c1. The highest BCUT2D eigenvalue weighted by Crippen LogP contribution is 2.19. The monoisotopic (exact) mass is 419 g/mol. The summed E-state index contributed by atoms with van der Waals surface area (Å²) >= 11 is 0. The van der Waals surface area contributed by atoms with Crippen LogP contribution in [0.5, 0.6) is 0 Å². The maximum Gasteiger partial charge on any atom is 0.425 e. The first-order valence-corrected chi connectivity index (χ1v) is 10.7. The van der Waals surface area contributed by atoms with Crippen molar-refractivity contribution in [3.63, 3.8) is 0 Å². The first-order valence-electron chi connectivity index (χ1n) is 10.7. The van der Waals surface area contributed by atoms with Crippen LogP contribution in [0.4, 0.5) is 0 Å². The van der Waals surface area contributed by atoms with Crippen LogP contribution in [0.1, 0.15) is 30.5 Å². The fourth-order valence-electron chi connectivity index (χ4n) is 4.59. The van der Waals surface area contributed by atoms with Crippen LogP contribution in [-0.4, -0.2) is 49.4 Å². The zero-order valence-electron chi connectivity index (χ0n) is 18.1. The quantitative estimate of drug-likeness (QED) is 0.504. The van der Waals surface area contributed by atoms with E-state index in [4.69, 9.17) is 9.72 Å². The predicted molar refractivity (Wildman–Crippen MR) is 117 cm³/mol. The molecule has 8 heteroatoms. The zero-order valence-corrected chi connectivity index (χ0v) is 18.1. The van der Waals surface area contributed by atoms with Crippen molar-refractivity contribution in [3.8, 4) is 0 Å². The van der Waals surface area contributed by atoms with Crippen LogP contribution in [0.25, 0.3) is 16.7 Å². The minimum absolute atomic E-state index is 0.207. The summed E-state index contributed by atoms with van der Waals surface area (Å²) in [4.78, 5) is 23.4. The summed E-state index contributed by atoms with van der Waals surface area (Å²) in [6, 6.07) is 10.3. The number of H-pyrrole nitrogens is 1. The Morgan fingerprint density at radius 1 is 1.13 bits per heavy atom. The van der Waals surface area contributed by atoms with E-state index in [9.17, 15) is 4.79 Å². The fraction of sp³-hybridized carbons (Fsp3) is 0.391. The molecular formula is C23H27N6O2+. The lowest BCUT2D eigenvalue weighted by Crippen LogP contribution is -2.44. The predicted octanol–water partition coefficient (Wildman–Crippen LogP) is 1.82. The van der Waals surface area contributed by atoms with E-state index in [1.165, 1.54) is 4.52 Å². The molecule has 4 aromatic rings. The van der Waals surface area contributed by atoms with Crippen molar-refractivity contribution in [2.45, 2.75) is 46.1 Å². The van der Waals surface area contributed by atoms with Crippen LogP contribution >= 0.6 is 0 Å². The number of morpholine rings is 1. The van der Waals surface area contributed by atoms with Crippen LogP contribution in [0.15, 0.2) is 47.7 Å². The Kier molecular flexibility index (Phi) is 5.03. The molecule has 0 amide bonds. The molecule has 2 atom stereocenters. The van der Waals surface area contributed by atoms with Gasteiger partial charge in [0.05, 0.1) is 24.1 Å². The van der Waals surface area contributed by atoms with Gasteiger partial charge in [-0.3, -0.25) is 9.47 Å². The van der Waals surface area contributed by atoms with E-state index >= 15 is 0 Å². The highest BCUT2D eigenvalue weighted by Gasteiger charge is 2.24. The molecule has 0 radical (unpaired) electrons. The van der Waals surface area contributed by atoms with Gasteiger partial charge in [-0.1, -0.05) is 29.8 Å². The zero-order chi connectivity index (χ0) is 21.5. The third-order valence-electron chi connectivity index (χ3n) is 5.76. The van der Waals surface area contributed by atoms with E-state index in [1.54, 1.807) is 10.9 Å². The summed E-state index contributed by atoms with van der Waals surface area (Å²) in [6.45, 7) is 9.28. The second-order valence-electron chi connectivity index (χ2n) is 8.57. The van der Waals surface area contributed by atoms with Crippen molar-refractivity contribution in [1.29, 1.82) is 0 Å². The first-order chi connectivity index (χ1) is 15.0. The maximum atomic E-state index is 13.1. The molecule has 0 spiro atoms. The minimum atomic E-state index is -0.207. The number of rotatable bonds is 4. The van der Waals surface area contributed by atoms with Crippen molar-refractivity contribution in [2.75, 3.05) is 13.1 Å². The Morgan fingerprint density at radius 3 is 2.71 bits per heavy atom. The summed E-state index contributed by atoms with van der Waals surface area (Å²) in [5.74, 6) is 0. The van der Waals surface area contributed by atoms with Crippen molar-refractivity contribution < 1.29 is 9.72 Å². The molecular weight excluding hydrogens is 392 g/mol. The molecule has 1 aromatic carbocycles. The molecule has 0 saturated carbocycles. The molecule has 160 valence electrons. The van der Waals surface area contributed by atoms with Gasteiger partial charge in [0.2, 0.25) is 0 Å². The second kappa shape index (κ2) is 7.86. The van der Waals surface area contributed by atoms with E-state index < -0.39 is 0 Å². The molecule has 8 nitrogen and oxygen atoms in total. The average molecular weight is 420 g/mol. The molecule has 1 fully saturated rings. The van der Waals surface area contributed by atoms with Crippen molar-refractivity contribution in [3.05, 3.63) is 70.0 Å². The van der Waals surface area contributed by atoms with Gasteiger partial charge in [-0.2, -0.15) is 0 Å². The number of hydrogen-bond acceptors (Lipinski definition) is 5. The normalized spacial score (nSPS) is 20.0. The highest BCUT2D eigenvalue weighted by molar-refractivity contribution is 5.87. The van der Waals surface area contributed by atoms with Crippen LogP contribution in [-0.2, 0) is 17.8 Å². The third kappa shape index (κ3) is 3.84. The summed E-state index contributed by atoms with van der Waals surface area (Å²) in [7, 11) is 0. The molecule has 1 aliphatic rings. The largest absolute Gasteiger partial charge is 0.425 e. The van der Waals surface area contributed by atoms with E-state index in [1.807, 2.05) is 31.3 Å². The molecule has 0 bridgehead atoms. The number of aryl methyl sites for hydroxylation is 1. The molecule has 0 aliphatic carbocycles. The minimum Gasteiger partial charge on any atom is -0.373 e. The number of hydrogen-bond donors (Lipinski definition) is 0. The summed E-state index contributed by atoms with van der Waals surface area (Å²) in [6.07, 6.45) is 3.86. The maximum absolute atomic E-state index is 13.1. The number of fused-ring (bicyclic) bond motifs is 3. The van der Waals surface area contributed by atoms with Crippen LogP contribution in [0.2, 0.25) is 0 Å². The molecule has 4 heterocycles. The lowest BCUT2D eigenvalue weighted by Gasteiger charge is -2.35. The van der Waals surface area contributed by atoms with Crippen LogP contribution in [0.3, 0.4) is 0 Å². The van der Waals surface area contributed by atoms with Gasteiger partial charge in [0.15, 0.2) is 5.65 Å². The Hall–Kier alpha value is -3.10. The van der Waals surface area contributed by atoms with E-state index in [0.717, 1.165) is 41.7 Å². The number of aromatic nitrogens is 5. The first kappa shape index (κ1) is 19.8. The average Bonchev–Trinajstić information content (AvgIpc) is 3.21. The van der Waals surface area contributed by atoms with Crippen molar-refractivity contribution in [1.82, 2.24) is 24.1 Å². The number of nitrogens with zero attached hydrogens (tertiary/aromatic N) is 5. The van der Waals surface area contributed by atoms with Gasteiger partial charge in [0.25, 0.3) is 12.0 Å². The molecule has 5 rings (SSSR count). The van der Waals surface area contributed by atoms with Gasteiger partial charge in [0.1, 0.15) is 0 Å². The second-order valence-corrected chi connectivity index (χ2v) is 8.57. The van der Waals surface area contributed by atoms with E-state index in [0.29, 0.717) is 17.8 Å². The summed E-state index contributed by atoms with van der Waals surface area (Å²) in [5, 5.41) is 5.11. The van der Waals surface area contributed by atoms with Gasteiger partial charge < -0.3 is 4.74 Å². The lowest BCUT2D eigenvalue weighted by atomic mass is 10.1. The lowest BCUT2D eigenvalue weighted by molar-refractivity contribution is -0.345. The Balaban J connectivity index is 1.58. The molecule has 1 N–H and O–H groups in total. The Labute approximate surface area is 180 Å². The summed E-state index contributed by atoms with van der Waals surface area (Å²) in [5.41, 5.74) is 4.43. The number of pyridine rings is 1. The van der Waals surface area contributed by atoms with Gasteiger partial charge in [-0.15, -0.1) is 0 Å². The highest BCUT2D eigenvalue weighted by atomic mass is 16.5. The number of nitrogens with one attached hydrogen (secondary N) is 1. The topological polar surface area (TPSA) is 78.8 Å². The van der Waals surface area contributed by atoms with Gasteiger partial charge in [0, 0.05) is 30.9 Å². The van der Waals surface area contributed by atoms with Crippen LogP contribution in [0, 0.1) is 6.92 Å². The standard InChI is InChI=1S/C23H26N6O2/c1-15-5-4-6-18(7-15)13-28-21-20(22-25-14-26-29(22)23(28)30)8-19(9-24-21)12-27-10-16(2)31-17(3)11-27/h4-9,14,16-17H,10-13H2,1-3H3/p+1/t16-,17+. The molecule has 1 aliphatic heterocycles. The molecule has 0 unspecified atom stereocenters. The number of benzene rings is 1. The molecule has 1 saturated heterocycles. The third-order valence-corrected chi connectivity index (χ3v) is 5.76. The van der Waals surface area contributed by atoms with E-state index in [2.05, 4.69) is 41.0 Å². The van der Waals surface area contributed by atoms with Crippen molar-refractivity contribution in [2.24, 2.45) is 0 Å². The molecule has 31 heavy (non-hydrogen) atoms. The van der Waals surface area contributed by atoms with Crippen LogP contribution < -0.4 is 10.7 Å². The van der Waals surface area contributed by atoms with E-state index in [-0.39, 0.29) is 17.9 Å². The fourth-order valence-corrected chi connectivity index (χ4v) is 4.59. The number of aromatic amines is 1. The Morgan fingerprint density at radius 2 is 1.94 bits per heavy atom. The van der Waals surface area contributed by atoms with Crippen molar-refractivity contribution >= 4 is 16.7 Å². The smallest absolute Gasteiger partial charge is 0.373 e.